The zero-order valence-corrected chi connectivity index (χ0v) is 20.2. The van der Waals surface area contributed by atoms with E-state index in [4.69, 9.17) is 18.9 Å². The highest BCUT2D eigenvalue weighted by Crippen LogP contribution is 2.29. The van der Waals surface area contributed by atoms with Crippen LogP contribution in [0.5, 0.6) is 23.0 Å². The molecule has 0 aromatic heterocycles. The average Bonchev–Trinajstić information content (AvgIpc) is 2.90. The van der Waals surface area contributed by atoms with Gasteiger partial charge in [0.2, 0.25) is 0 Å². The number of hydrogen-bond donors (Lipinski definition) is 1. The summed E-state index contributed by atoms with van der Waals surface area (Å²) < 4.78 is 21.9. The number of carbonyl (C=O) groups is 2. The molecule has 11 nitrogen and oxygen atoms in total. The zero-order chi connectivity index (χ0) is 26.6. The third kappa shape index (κ3) is 7.79. The zero-order valence-electron chi connectivity index (χ0n) is 20.2. The molecule has 3 aromatic rings. The Bertz CT molecular complexity index is 1280. The van der Waals surface area contributed by atoms with Gasteiger partial charge in [-0.3, -0.25) is 14.9 Å². The van der Waals surface area contributed by atoms with E-state index in [0.29, 0.717) is 30.3 Å². The quantitative estimate of drug-likeness (QED) is 0.127. The Morgan fingerprint density at radius 3 is 2.19 bits per heavy atom. The van der Waals surface area contributed by atoms with Gasteiger partial charge >= 0.3 is 5.97 Å². The number of amides is 1. The smallest absolute Gasteiger partial charge is 0.343 e. The van der Waals surface area contributed by atoms with Crippen LogP contribution >= 0.6 is 0 Å². The highest BCUT2D eigenvalue weighted by molar-refractivity contribution is 5.92. The summed E-state index contributed by atoms with van der Waals surface area (Å²) in [6.07, 6.45) is 1.40. The molecule has 3 rings (SSSR count). The number of benzene rings is 3. The third-order valence-electron chi connectivity index (χ3n) is 4.69. The lowest BCUT2D eigenvalue weighted by Crippen LogP contribution is -2.24. The van der Waals surface area contributed by atoms with E-state index >= 15 is 0 Å². The second-order valence-corrected chi connectivity index (χ2v) is 7.29. The number of hydrazone groups is 1. The minimum atomic E-state index is -0.699. The van der Waals surface area contributed by atoms with Gasteiger partial charge in [-0.2, -0.15) is 5.10 Å². The van der Waals surface area contributed by atoms with Crippen LogP contribution in [0.2, 0.25) is 0 Å². The van der Waals surface area contributed by atoms with Crippen LogP contribution in [-0.2, 0) is 4.79 Å². The topological polar surface area (TPSA) is 139 Å². The van der Waals surface area contributed by atoms with Gasteiger partial charge < -0.3 is 18.9 Å². The number of nitro groups is 1. The predicted molar refractivity (Wildman–Crippen MR) is 135 cm³/mol. The van der Waals surface area contributed by atoms with Crippen molar-refractivity contribution in [3.63, 3.8) is 0 Å². The standard InChI is InChI=1S/C26H25N3O8/c1-3-34-21-7-5-6-8-22(21)36-17-25(30)28-27-16-18-9-14-23(24(15-18)35-4-2)37-26(31)19-10-12-20(13-11-19)29(32)33/h5-16H,3-4,17H2,1-2H3,(H,28,30). The van der Waals surface area contributed by atoms with Crippen molar-refractivity contribution in [3.8, 4) is 23.0 Å². The fraction of sp³-hybridized carbons (Fsp3) is 0.192. The molecule has 37 heavy (non-hydrogen) atoms. The average molecular weight is 507 g/mol. The van der Waals surface area contributed by atoms with E-state index in [1.54, 1.807) is 43.3 Å². The number of nitro benzene ring substituents is 1. The molecule has 1 amide bonds. The Morgan fingerprint density at radius 2 is 1.54 bits per heavy atom. The highest BCUT2D eigenvalue weighted by atomic mass is 16.6. The molecule has 0 fully saturated rings. The number of ether oxygens (including phenoxy) is 4. The lowest BCUT2D eigenvalue weighted by molar-refractivity contribution is -0.384. The molecular formula is C26H25N3O8. The van der Waals surface area contributed by atoms with Gasteiger partial charge in [-0.05, 0) is 61.9 Å². The Kier molecular flexibility index (Phi) is 9.54. The number of carbonyl (C=O) groups excluding carboxylic acids is 2. The molecule has 3 aromatic carbocycles. The molecule has 0 spiro atoms. The molecule has 0 radical (unpaired) electrons. The lowest BCUT2D eigenvalue weighted by atomic mass is 10.2. The molecule has 0 unspecified atom stereocenters. The van der Waals surface area contributed by atoms with Crippen LogP contribution in [0.4, 0.5) is 5.69 Å². The van der Waals surface area contributed by atoms with Crippen LogP contribution in [0, 0.1) is 10.1 Å². The molecule has 0 atom stereocenters. The second kappa shape index (κ2) is 13.2. The maximum absolute atomic E-state index is 12.5. The highest BCUT2D eigenvalue weighted by Gasteiger charge is 2.15. The SMILES string of the molecule is CCOc1ccccc1OCC(=O)NN=Cc1ccc(OC(=O)c2ccc([N+](=O)[O-])cc2)c(OCC)c1. The molecule has 0 aliphatic heterocycles. The second-order valence-electron chi connectivity index (χ2n) is 7.29. The van der Waals surface area contributed by atoms with Gasteiger partial charge in [-0.25, -0.2) is 10.2 Å². The minimum absolute atomic E-state index is 0.135. The van der Waals surface area contributed by atoms with Gasteiger partial charge in [0, 0.05) is 12.1 Å². The first-order valence-corrected chi connectivity index (χ1v) is 11.3. The van der Waals surface area contributed by atoms with Crippen LogP contribution in [0.25, 0.3) is 0 Å². The Labute approximate surface area is 212 Å². The predicted octanol–water partition coefficient (Wildman–Crippen LogP) is 4.14. The van der Waals surface area contributed by atoms with Crippen LogP contribution in [0.3, 0.4) is 0 Å². The molecule has 0 bridgehead atoms. The summed E-state index contributed by atoms with van der Waals surface area (Å²) in [4.78, 5) is 34.8. The van der Waals surface area contributed by atoms with Crippen molar-refractivity contribution in [1.29, 1.82) is 0 Å². The molecule has 0 aliphatic rings. The summed E-state index contributed by atoms with van der Waals surface area (Å²) in [5.41, 5.74) is 2.96. The van der Waals surface area contributed by atoms with Gasteiger partial charge in [0.15, 0.2) is 29.6 Å². The summed E-state index contributed by atoms with van der Waals surface area (Å²) in [6, 6.07) is 16.8. The summed E-state index contributed by atoms with van der Waals surface area (Å²) in [6.45, 7) is 4.13. The van der Waals surface area contributed by atoms with Crippen molar-refractivity contribution in [1.82, 2.24) is 5.43 Å². The van der Waals surface area contributed by atoms with E-state index in [2.05, 4.69) is 10.5 Å². The molecular weight excluding hydrogens is 482 g/mol. The van der Waals surface area contributed by atoms with E-state index in [9.17, 15) is 19.7 Å². The number of para-hydroxylation sites is 2. The third-order valence-corrected chi connectivity index (χ3v) is 4.69. The van der Waals surface area contributed by atoms with Crippen LogP contribution in [0.1, 0.15) is 29.8 Å². The van der Waals surface area contributed by atoms with E-state index in [1.807, 2.05) is 6.92 Å². The van der Waals surface area contributed by atoms with Crippen molar-refractivity contribution < 1.29 is 33.5 Å². The number of non-ortho nitro benzene ring substituents is 1. The summed E-state index contributed by atoms with van der Waals surface area (Å²) in [7, 11) is 0. The number of rotatable bonds is 12. The first-order valence-electron chi connectivity index (χ1n) is 11.3. The minimum Gasteiger partial charge on any atom is -0.490 e. The summed E-state index contributed by atoms with van der Waals surface area (Å²) in [5, 5.41) is 14.7. The maximum Gasteiger partial charge on any atom is 0.343 e. The molecule has 0 aliphatic carbocycles. The van der Waals surface area contributed by atoms with Gasteiger partial charge in [0.05, 0.1) is 29.9 Å². The fourth-order valence-electron chi connectivity index (χ4n) is 3.03. The maximum atomic E-state index is 12.5. The van der Waals surface area contributed by atoms with Gasteiger partial charge in [0.1, 0.15) is 0 Å². The van der Waals surface area contributed by atoms with Crippen molar-refractivity contribution in [3.05, 3.63) is 88.0 Å². The van der Waals surface area contributed by atoms with Crippen molar-refractivity contribution in [2.45, 2.75) is 13.8 Å². The van der Waals surface area contributed by atoms with E-state index < -0.39 is 16.8 Å². The van der Waals surface area contributed by atoms with Crippen LogP contribution in [0.15, 0.2) is 71.8 Å². The normalized spacial score (nSPS) is 10.5. The van der Waals surface area contributed by atoms with Gasteiger partial charge in [-0.15, -0.1) is 0 Å². The molecule has 11 heteroatoms. The number of hydrogen-bond acceptors (Lipinski definition) is 9. The molecule has 1 N–H and O–H groups in total. The largest absolute Gasteiger partial charge is 0.490 e. The van der Waals surface area contributed by atoms with Crippen molar-refractivity contribution >= 4 is 23.8 Å². The molecule has 0 saturated carbocycles. The van der Waals surface area contributed by atoms with E-state index in [-0.39, 0.29) is 29.4 Å². The monoisotopic (exact) mass is 507 g/mol. The van der Waals surface area contributed by atoms with Crippen molar-refractivity contribution in [2.24, 2.45) is 5.10 Å². The number of esters is 1. The Hall–Kier alpha value is -4.93. The van der Waals surface area contributed by atoms with Gasteiger partial charge in [-0.1, -0.05) is 12.1 Å². The van der Waals surface area contributed by atoms with Crippen LogP contribution in [-0.4, -0.2) is 42.8 Å². The fourth-order valence-corrected chi connectivity index (χ4v) is 3.03. The Balaban J connectivity index is 1.60. The van der Waals surface area contributed by atoms with Crippen LogP contribution < -0.4 is 24.4 Å². The molecule has 0 saturated heterocycles. The summed E-state index contributed by atoms with van der Waals surface area (Å²) in [5.74, 6) is 0.260. The van der Waals surface area contributed by atoms with Gasteiger partial charge in [0.25, 0.3) is 11.6 Å². The van der Waals surface area contributed by atoms with Crippen molar-refractivity contribution in [2.75, 3.05) is 19.8 Å². The number of nitrogens with one attached hydrogen (secondary N) is 1. The molecule has 192 valence electrons. The summed E-state index contributed by atoms with van der Waals surface area (Å²) >= 11 is 0. The lowest BCUT2D eigenvalue weighted by Gasteiger charge is -2.11. The Morgan fingerprint density at radius 1 is 0.892 bits per heavy atom. The van der Waals surface area contributed by atoms with E-state index in [1.165, 1.54) is 36.5 Å². The first-order chi connectivity index (χ1) is 17.9. The number of nitrogens with zero attached hydrogens (tertiary/aromatic N) is 2. The molecule has 0 heterocycles. The van der Waals surface area contributed by atoms with E-state index in [0.717, 1.165) is 0 Å². The first kappa shape index (κ1) is 26.7.